The molecule has 0 aliphatic carbocycles. The summed E-state index contributed by atoms with van der Waals surface area (Å²) >= 11 is 1.68. The van der Waals surface area contributed by atoms with Gasteiger partial charge in [0, 0.05) is 11.7 Å². The zero-order chi connectivity index (χ0) is 10.6. The third-order valence-corrected chi connectivity index (χ3v) is 3.26. The summed E-state index contributed by atoms with van der Waals surface area (Å²) in [4.78, 5) is 21.9. The number of aliphatic hydroxyl groups is 1. The number of carboxylic acids is 1. The maximum Gasteiger partial charge on any atom is 0.328 e. The van der Waals surface area contributed by atoms with Gasteiger partial charge in [-0.15, -0.1) is 0 Å². The van der Waals surface area contributed by atoms with Crippen molar-refractivity contribution in [3.8, 4) is 0 Å². The Morgan fingerprint density at radius 1 is 1.57 bits per heavy atom. The van der Waals surface area contributed by atoms with E-state index in [-0.39, 0.29) is 11.8 Å². The fraction of sp³-hybridized carbons (Fsp3) is 0.750. The number of aliphatic hydroxyl groups excluding tert-OH is 1. The Kier molecular flexibility index (Phi) is 4.21. The summed E-state index contributed by atoms with van der Waals surface area (Å²) in [6.45, 7) is -0.569. The highest BCUT2D eigenvalue weighted by Gasteiger charge is 2.27. The molecule has 5 nitrogen and oxygen atoms in total. The molecular formula is C8H13NO4S. The summed E-state index contributed by atoms with van der Waals surface area (Å²) in [7, 11) is 0. The Balaban J connectivity index is 2.41. The molecule has 80 valence electrons. The molecule has 2 atom stereocenters. The summed E-state index contributed by atoms with van der Waals surface area (Å²) in [6, 6.07) is -1.17. The quantitative estimate of drug-likeness (QED) is 0.582. The number of hydrogen-bond acceptors (Lipinski definition) is 4. The van der Waals surface area contributed by atoms with Gasteiger partial charge in [0.15, 0.2) is 0 Å². The molecule has 1 saturated heterocycles. The van der Waals surface area contributed by atoms with Crippen molar-refractivity contribution in [1.82, 2.24) is 5.32 Å². The van der Waals surface area contributed by atoms with E-state index >= 15 is 0 Å². The smallest absolute Gasteiger partial charge is 0.328 e. The number of aliphatic carboxylic acids is 1. The Morgan fingerprint density at radius 2 is 2.29 bits per heavy atom. The van der Waals surface area contributed by atoms with Crippen molar-refractivity contribution in [3.05, 3.63) is 0 Å². The van der Waals surface area contributed by atoms with Crippen LogP contribution in [0.25, 0.3) is 0 Å². The predicted octanol–water partition coefficient (Wildman–Crippen LogP) is -0.699. The van der Waals surface area contributed by atoms with Crippen LogP contribution in [0.15, 0.2) is 0 Å². The minimum atomic E-state index is -1.20. The highest BCUT2D eigenvalue weighted by molar-refractivity contribution is 7.99. The van der Waals surface area contributed by atoms with Crippen LogP contribution in [0.4, 0.5) is 0 Å². The molecule has 6 heteroatoms. The molecule has 1 rings (SSSR count). The molecular weight excluding hydrogens is 206 g/mol. The number of carbonyl (C=O) groups excluding carboxylic acids is 1. The second-order valence-corrected chi connectivity index (χ2v) is 4.29. The normalized spacial score (nSPS) is 23.1. The summed E-state index contributed by atoms with van der Waals surface area (Å²) in [5, 5.41) is 19.6. The molecule has 0 spiro atoms. The van der Waals surface area contributed by atoms with Crippen molar-refractivity contribution < 1.29 is 19.8 Å². The molecule has 3 N–H and O–H groups in total. The van der Waals surface area contributed by atoms with E-state index < -0.39 is 18.6 Å². The minimum absolute atomic E-state index is 0.103. The van der Waals surface area contributed by atoms with Gasteiger partial charge in [-0.3, -0.25) is 4.79 Å². The van der Waals surface area contributed by atoms with Crippen molar-refractivity contribution in [1.29, 1.82) is 0 Å². The first-order valence-electron chi connectivity index (χ1n) is 4.37. The van der Waals surface area contributed by atoms with E-state index in [4.69, 9.17) is 10.2 Å². The summed E-state index contributed by atoms with van der Waals surface area (Å²) in [5.74, 6) is 0.106. The first-order chi connectivity index (χ1) is 6.65. The number of amides is 1. The molecule has 1 aliphatic rings. The second-order valence-electron chi connectivity index (χ2n) is 3.14. The van der Waals surface area contributed by atoms with E-state index in [0.717, 1.165) is 17.9 Å². The molecule has 0 bridgehead atoms. The lowest BCUT2D eigenvalue weighted by Gasteiger charge is -2.14. The molecule has 1 fully saturated rings. The van der Waals surface area contributed by atoms with Crippen LogP contribution >= 0.6 is 11.8 Å². The van der Waals surface area contributed by atoms with E-state index in [1.165, 1.54) is 0 Å². The number of hydrogen-bond donors (Lipinski definition) is 3. The lowest BCUT2D eigenvalue weighted by Crippen LogP contribution is -2.45. The van der Waals surface area contributed by atoms with Gasteiger partial charge < -0.3 is 15.5 Å². The van der Waals surface area contributed by atoms with Crippen LogP contribution in [-0.2, 0) is 9.59 Å². The van der Waals surface area contributed by atoms with E-state index in [1.807, 2.05) is 0 Å². The molecule has 0 aromatic rings. The second kappa shape index (κ2) is 5.21. The molecule has 1 aliphatic heterocycles. The van der Waals surface area contributed by atoms with Crippen molar-refractivity contribution in [3.63, 3.8) is 0 Å². The van der Waals surface area contributed by atoms with Gasteiger partial charge in [-0.2, -0.15) is 11.8 Å². The molecule has 2 unspecified atom stereocenters. The first-order valence-corrected chi connectivity index (χ1v) is 5.52. The van der Waals surface area contributed by atoms with Crippen LogP contribution in [-0.4, -0.2) is 46.2 Å². The van der Waals surface area contributed by atoms with Gasteiger partial charge in [0.2, 0.25) is 5.91 Å². The molecule has 0 aromatic heterocycles. The zero-order valence-electron chi connectivity index (χ0n) is 7.60. The maximum atomic E-state index is 11.4. The third-order valence-electron chi connectivity index (χ3n) is 2.10. The Labute approximate surface area is 85.9 Å². The van der Waals surface area contributed by atoms with E-state index in [0.29, 0.717) is 0 Å². The number of carbonyl (C=O) groups is 2. The van der Waals surface area contributed by atoms with Gasteiger partial charge in [0.25, 0.3) is 0 Å². The monoisotopic (exact) mass is 219 g/mol. The first kappa shape index (κ1) is 11.3. The predicted molar refractivity (Wildman–Crippen MR) is 52.1 cm³/mol. The summed E-state index contributed by atoms with van der Waals surface area (Å²) in [5.41, 5.74) is 0. The standard InChI is InChI=1S/C8H13NO4S/c10-3-6(8(12)13)9-7(11)5-1-2-14-4-5/h5-6,10H,1-4H2,(H,9,11)(H,12,13). The number of rotatable bonds is 4. The Morgan fingerprint density at radius 3 is 2.71 bits per heavy atom. The average Bonchev–Trinajstić information content (AvgIpc) is 2.65. The summed E-state index contributed by atoms with van der Waals surface area (Å²) < 4.78 is 0. The van der Waals surface area contributed by atoms with E-state index in [9.17, 15) is 9.59 Å². The zero-order valence-corrected chi connectivity index (χ0v) is 8.42. The van der Waals surface area contributed by atoms with Crippen LogP contribution in [0, 0.1) is 5.92 Å². The maximum absolute atomic E-state index is 11.4. The number of carboxylic acid groups (broad SMARTS) is 1. The molecule has 0 radical (unpaired) electrons. The van der Waals surface area contributed by atoms with Crippen molar-refractivity contribution in [2.24, 2.45) is 5.92 Å². The van der Waals surface area contributed by atoms with E-state index in [2.05, 4.69) is 5.32 Å². The van der Waals surface area contributed by atoms with Crippen LogP contribution in [0.5, 0.6) is 0 Å². The molecule has 1 heterocycles. The number of thioether (sulfide) groups is 1. The lowest BCUT2D eigenvalue weighted by molar-refractivity contribution is -0.143. The van der Waals surface area contributed by atoms with Crippen molar-refractivity contribution in [2.45, 2.75) is 12.5 Å². The molecule has 14 heavy (non-hydrogen) atoms. The highest BCUT2D eigenvalue weighted by Crippen LogP contribution is 2.23. The van der Waals surface area contributed by atoms with Gasteiger partial charge in [0.1, 0.15) is 6.04 Å². The van der Waals surface area contributed by atoms with Crippen LogP contribution in [0.2, 0.25) is 0 Å². The van der Waals surface area contributed by atoms with Crippen LogP contribution in [0.1, 0.15) is 6.42 Å². The number of nitrogens with one attached hydrogen (secondary N) is 1. The van der Waals surface area contributed by atoms with Crippen LogP contribution < -0.4 is 5.32 Å². The van der Waals surface area contributed by atoms with Gasteiger partial charge in [-0.25, -0.2) is 4.79 Å². The Hall–Kier alpha value is -0.750. The molecule has 0 saturated carbocycles. The molecule has 1 amide bonds. The molecule has 0 aromatic carbocycles. The van der Waals surface area contributed by atoms with Crippen molar-refractivity contribution >= 4 is 23.6 Å². The lowest BCUT2D eigenvalue weighted by atomic mass is 10.1. The SMILES string of the molecule is O=C(NC(CO)C(=O)O)C1CCSC1. The van der Waals surface area contributed by atoms with Crippen LogP contribution in [0.3, 0.4) is 0 Å². The minimum Gasteiger partial charge on any atom is -0.480 e. The van der Waals surface area contributed by atoms with Gasteiger partial charge in [-0.1, -0.05) is 0 Å². The van der Waals surface area contributed by atoms with Gasteiger partial charge >= 0.3 is 5.97 Å². The third kappa shape index (κ3) is 2.88. The van der Waals surface area contributed by atoms with Crippen molar-refractivity contribution in [2.75, 3.05) is 18.1 Å². The fourth-order valence-electron chi connectivity index (χ4n) is 1.22. The summed E-state index contributed by atoms with van der Waals surface area (Å²) in [6.07, 6.45) is 0.786. The Bertz CT molecular complexity index is 227. The van der Waals surface area contributed by atoms with E-state index in [1.54, 1.807) is 11.8 Å². The average molecular weight is 219 g/mol. The van der Waals surface area contributed by atoms with Gasteiger partial charge in [-0.05, 0) is 12.2 Å². The highest BCUT2D eigenvalue weighted by atomic mass is 32.2. The fourth-order valence-corrected chi connectivity index (χ4v) is 2.44. The van der Waals surface area contributed by atoms with Gasteiger partial charge in [0.05, 0.1) is 6.61 Å². The topological polar surface area (TPSA) is 86.6 Å². The largest absolute Gasteiger partial charge is 0.480 e.